The summed E-state index contributed by atoms with van der Waals surface area (Å²) in [5.41, 5.74) is 0.762. The highest BCUT2D eigenvalue weighted by Gasteiger charge is 2.05. The van der Waals surface area contributed by atoms with Gasteiger partial charge in [0.05, 0.1) is 5.02 Å². The van der Waals surface area contributed by atoms with Crippen molar-refractivity contribution in [2.45, 2.75) is 6.92 Å². The van der Waals surface area contributed by atoms with Crippen LogP contribution in [0.3, 0.4) is 0 Å². The molecule has 0 fully saturated rings. The molecule has 2 rings (SSSR count). The highest BCUT2D eigenvalue weighted by molar-refractivity contribution is 6.32. The molecule has 0 unspecified atom stereocenters. The maximum Gasteiger partial charge on any atom is 0.290 e. The van der Waals surface area contributed by atoms with Gasteiger partial charge in [0.1, 0.15) is 5.75 Å². The van der Waals surface area contributed by atoms with Gasteiger partial charge in [0.15, 0.2) is 5.75 Å². The van der Waals surface area contributed by atoms with E-state index in [9.17, 15) is 4.79 Å². The number of benzene rings is 1. The van der Waals surface area contributed by atoms with Crippen molar-refractivity contribution in [1.82, 2.24) is 4.98 Å². The van der Waals surface area contributed by atoms with Crippen LogP contribution in [-0.4, -0.2) is 4.98 Å². The zero-order valence-corrected chi connectivity index (χ0v) is 9.41. The van der Waals surface area contributed by atoms with E-state index in [1.165, 1.54) is 0 Å². The van der Waals surface area contributed by atoms with Crippen LogP contribution in [-0.2, 0) is 0 Å². The molecule has 4 heteroatoms. The Labute approximate surface area is 97.7 Å². The van der Waals surface area contributed by atoms with Crippen LogP contribution in [0.25, 0.3) is 0 Å². The van der Waals surface area contributed by atoms with Gasteiger partial charge in [0.2, 0.25) is 0 Å². The van der Waals surface area contributed by atoms with Crippen molar-refractivity contribution in [3.63, 3.8) is 0 Å². The van der Waals surface area contributed by atoms with Gasteiger partial charge in [-0.15, -0.1) is 0 Å². The number of H-pyrrole nitrogens is 1. The van der Waals surface area contributed by atoms with Gasteiger partial charge < -0.3 is 9.72 Å². The van der Waals surface area contributed by atoms with E-state index in [0.29, 0.717) is 10.8 Å². The van der Waals surface area contributed by atoms with Crippen molar-refractivity contribution in [1.29, 1.82) is 0 Å². The summed E-state index contributed by atoms with van der Waals surface area (Å²) in [7, 11) is 0. The first-order chi connectivity index (χ1) is 7.66. The number of pyridine rings is 1. The number of aryl methyl sites for hydroxylation is 1. The Balaban J connectivity index is 2.35. The van der Waals surface area contributed by atoms with Crippen molar-refractivity contribution in [3.8, 4) is 11.5 Å². The minimum Gasteiger partial charge on any atom is -0.450 e. The molecule has 0 bridgehead atoms. The minimum absolute atomic E-state index is 0.230. The zero-order chi connectivity index (χ0) is 11.5. The lowest BCUT2D eigenvalue weighted by molar-refractivity contribution is 0.475. The quantitative estimate of drug-likeness (QED) is 0.869. The molecule has 0 saturated carbocycles. The van der Waals surface area contributed by atoms with Gasteiger partial charge in [-0.3, -0.25) is 4.79 Å². The monoisotopic (exact) mass is 235 g/mol. The predicted octanol–water partition coefficient (Wildman–Crippen LogP) is 3.13. The third-order valence-electron chi connectivity index (χ3n) is 2.09. The van der Waals surface area contributed by atoms with Crippen LogP contribution in [0.1, 0.15) is 5.56 Å². The summed E-state index contributed by atoms with van der Waals surface area (Å²) in [6.07, 6.45) is 1.55. The van der Waals surface area contributed by atoms with E-state index in [4.69, 9.17) is 16.3 Å². The van der Waals surface area contributed by atoms with E-state index < -0.39 is 0 Å². The Morgan fingerprint density at radius 2 is 2.06 bits per heavy atom. The number of rotatable bonds is 2. The Morgan fingerprint density at radius 1 is 1.25 bits per heavy atom. The molecule has 0 aliphatic carbocycles. The molecular formula is C12H10ClNO2. The second-order valence-corrected chi connectivity index (χ2v) is 3.81. The maximum absolute atomic E-state index is 11.4. The number of aromatic amines is 1. The zero-order valence-electron chi connectivity index (χ0n) is 8.66. The lowest BCUT2D eigenvalue weighted by Crippen LogP contribution is -2.06. The Bertz CT molecular complexity index is 563. The van der Waals surface area contributed by atoms with Gasteiger partial charge in [-0.1, -0.05) is 17.7 Å². The number of halogens is 1. The van der Waals surface area contributed by atoms with Crippen LogP contribution in [0, 0.1) is 6.92 Å². The van der Waals surface area contributed by atoms with Crippen LogP contribution < -0.4 is 10.3 Å². The molecule has 0 spiro atoms. The Kier molecular flexibility index (Phi) is 2.97. The summed E-state index contributed by atoms with van der Waals surface area (Å²) in [5.74, 6) is 0.706. The SMILES string of the molecule is Cc1ccc(Oc2ccc[nH]c2=O)c(Cl)c1. The van der Waals surface area contributed by atoms with Crippen molar-refractivity contribution in [3.05, 3.63) is 57.5 Å². The number of aromatic nitrogens is 1. The molecule has 2 aromatic rings. The van der Waals surface area contributed by atoms with Gasteiger partial charge >= 0.3 is 0 Å². The van der Waals surface area contributed by atoms with E-state index in [0.717, 1.165) is 5.56 Å². The maximum atomic E-state index is 11.4. The smallest absolute Gasteiger partial charge is 0.290 e. The Morgan fingerprint density at radius 3 is 2.75 bits per heavy atom. The lowest BCUT2D eigenvalue weighted by Gasteiger charge is -2.06. The van der Waals surface area contributed by atoms with E-state index in [2.05, 4.69) is 4.98 Å². The van der Waals surface area contributed by atoms with Crippen molar-refractivity contribution in [2.24, 2.45) is 0 Å². The van der Waals surface area contributed by atoms with Gasteiger partial charge in [0.25, 0.3) is 5.56 Å². The fourth-order valence-electron chi connectivity index (χ4n) is 1.29. The molecule has 16 heavy (non-hydrogen) atoms. The molecule has 0 radical (unpaired) electrons. The van der Waals surface area contributed by atoms with Crippen molar-refractivity contribution in [2.75, 3.05) is 0 Å². The molecule has 1 aromatic heterocycles. The van der Waals surface area contributed by atoms with Crippen LogP contribution in [0.2, 0.25) is 5.02 Å². The summed E-state index contributed by atoms with van der Waals surface area (Å²) in [5, 5.41) is 0.489. The number of hydrogen-bond donors (Lipinski definition) is 1. The van der Waals surface area contributed by atoms with Crippen molar-refractivity contribution >= 4 is 11.6 Å². The van der Waals surface area contributed by atoms with E-state index in [1.54, 1.807) is 30.5 Å². The van der Waals surface area contributed by atoms with Crippen molar-refractivity contribution < 1.29 is 4.74 Å². The van der Waals surface area contributed by atoms with Crippen LogP contribution in [0.5, 0.6) is 11.5 Å². The molecule has 3 nitrogen and oxygen atoms in total. The highest BCUT2D eigenvalue weighted by Crippen LogP contribution is 2.28. The summed E-state index contributed by atoms with van der Waals surface area (Å²) >= 11 is 5.99. The van der Waals surface area contributed by atoms with Crippen LogP contribution >= 0.6 is 11.6 Å². The number of nitrogens with one attached hydrogen (secondary N) is 1. The molecule has 0 atom stereocenters. The van der Waals surface area contributed by atoms with Gasteiger partial charge in [-0.05, 0) is 36.8 Å². The van der Waals surface area contributed by atoms with Crippen LogP contribution in [0.15, 0.2) is 41.3 Å². The first kappa shape index (κ1) is 10.8. The first-order valence-electron chi connectivity index (χ1n) is 4.78. The molecule has 0 saturated heterocycles. The predicted molar refractivity (Wildman–Crippen MR) is 63.3 cm³/mol. The van der Waals surface area contributed by atoms with Gasteiger partial charge in [-0.2, -0.15) is 0 Å². The minimum atomic E-state index is -0.279. The summed E-state index contributed by atoms with van der Waals surface area (Å²) in [6, 6.07) is 8.68. The summed E-state index contributed by atoms with van der Waals surface area (Å²) < 4.78 is 5.42. The van der Waals surface area contributed by atoms with E-state index >= 15 is 0 Å². The molecule has 0 aliphatic heterocycles. The third-order valence-corrected chi connectivity index (χ3v) is 2.38. The third kappa shape index (κ3) is 2.25. The fourth-order valence-corrected chi connectivity index (χ4v) is 1.57. The fraction of sp³-hybridized carbons (Fsp3) is 0.0833. The summed E-state index contributed by atoms with van der Waals surface area (Å²) in [6.45, 7) is 1.94. The van der Waals surface area contributed by atoms with Gasteiger partial charge in [0, 0.05) is 6.20 Å². The standard InChI is InChI=1S/C12H10ClNO2/c1-8-4-5-10(9(13)7-8)16-11-3-2-6-14-12(11)15/h2-7H,1H3,(H,14,15). The lowest BCUT2D eigenvalue weighted by atomic mass is 10.2. The average molecular weight is 236 g/mol. The molecule has 1 heterocycles. The van der Waals surface area contributed by atoms with Gasteiger partial charge in [-0.25, -0.2) is 0 Å². The first-order valence-corrected chi connectivity index (χ1v) is 5.16. The topological polar surface area (TPSA) is 42.1 Å². The molecule has 0 aliphatic rings. The van der Waals surface area contributed by atoms with E-state index in [1.807, 2.05) is 13.0 Å². The largest absolute Gasteiger partial charge is 0.450 e. The molecule has 1 N–H and O–H groups in total. The number of ether oxygens (including phenoxy) is 1. The van der Waals surface area contributed by atoms with E-state index in [-0.39, 0.29) is 11.3 Å². The molecule has 82 valence electrons. The molecular weight excluding hydrogens is 226 g/mol. The summed E-state index contributed by atoms with van der Waals surface area (Å²) in [4.78, 5) is 13.9. The number of hydrogen-bond acceptors (Lipinski definition) is 2. The second-order valence-electron chi connectivity index (χ2n) is 3.40. The average Bonchev–Trinajstić information content (AvgIpc) is 2.25. The Hall–Kier alpha value is -1.74. The van der Waals surface area contributed by atoms with Crippen LogP contribution in [0.4, 0.5) is 0 Å². The highest BCUT2D eigenvalue weighted by atomic mass is 35.5. The molecule has 1 aromatic carbocycles. The molecule has 0 amide bonds. The second kappa shape index (κ2) is 4.41. The normalized spacial score (nSPS) is 10.1.